The Bertz CT molecular complexity index is 685. The van der Waals surface area contributed by atoms with E-state index in [4.69, 9.17) is 17.3 Å². The van der Waals surface area contributed by atoms with Crippen LogP contribution >= 0.6 is 11.6 Å². The Morgan fingerprint density at radius 3 is 2.35 bits per heavy atom. The summed E-state index contributed by atoms with van der Waals surface area (Å²) in [6, 6.07) is 0.114. The predicted octanol–water partition coefficient (Wildman–Crippen LogP) is 2.24. The molecular weight excluding hydrogens is 368 g/mol. The molecule has 9 heteroatoms. The van der Waals surface area contributed by atoms with Crippen molar-refractivity contribution in [3.8, 4) is 0 Å². The second-order valence-corrected chi connectivity index (χ2v) is 6.12. The van der Waals surface area contributed by atoms with Crippen molar-refractivity contribution >= 4 is 29.3 Å². The van der Waals surface area contributed by atoms with Gasteiger partial charge in [-0.1, -0.05) is 25.4 Å². The van der Waals surface area contributed by atoms with Gasteiger partial charge in [-0.2, -0.15) is 0 Å². The zero-order chi connectivity index (χ0) is 19.9. The SMILES string of the molecule is CCCNC(=O)C[C@@H](C(N)=O)N(CCC)C(=O)c1cc(F)c(F)cc1Cl. The van der Waals surface area contributed by atoms with E-state index >= 15 is 0 Å². The molecule has 1 rings (SSSR count). The molecule has 6 nitrogen and oxygen atoms in total. The minimum Gasteiger partial charge on any atom is -0.368 e. The van der Waals surface area contributed by atoms with Crippen molar-refractivity contribution in [1.29, 1.82) is 0 Å². The molecule has 0 spiro atoms. The normalized spacial score (nSPS) is 11.7. The summed E-state index contributed by atoms with van der Waals surface area (Å²) >= 11 is 5.85. The molecule has 0 heterocycles. The first-order valence-electron chi connectivity index (χ1n) is 8.24. The van der Waals surface area contributed by atoms with Crippen molar-refractivity contribution in [1.82, 2.24) is 10.2 Å². The number of carbonyl (C=O) groups excluding carboxylic acids is 3. The van der Waals surface area contributed by atoms with Crippen molar-refractivity contribution in [2.45, 2.75) is 39.2 Å². The zero-order valence-electron chi connectivity index (χ0n) is 14.7. The predicted molar refractivity (Wildman–Crippen MR) is 93.6 cm³/mol. The molecule has 0 aliphatic heterocycles. The Labute approximate surface area is 155 Å². The summed E-state index contributed by atoms with van der Waals surface area (Å²) in [6.07, 6.45) is 0.824. The monoisotopic (exact) mass is 389 g/mol. The van der Waals surface area contributed by atoms with Crippen molar-refractivity contribution < 1.29 is 23.2 Å². The third kappa shape index (κ3) is 5.66. The van der Waals surface area contributed by atoms with Gasteiger partial charge >= 0.3 is 0 Å². The summed E-state index contributed by atoms with van der Waals surface area (Å²) < 4.78 is 26.8. The molecule has 144 valence electrons. The lowest BCUT2D eigenvalue weighted by molar-refractivity contribution is -0.129. The van der Waals surface area contributed by atoms with Crippen LogP contribution in [0.2, 0.25) is 5.02 Å². The van der Waals surface area contributed by atoms with Crippen LogP contribution in [0.1, 0.15) is 43.5 Å². The van der Waals surface area contributed by atoms with E-state index in [9.17, 15) is 23.2 Å². The van der Waals surface area contributed by atoms with E-state index in [-0.39, 0.29) is 23.6 Å². The Morgan fingerprint density at radius 2 is 1.81 bits per heavy atom. The first kappa shape index (κ1) is 21.8. The van der Waals surface area contributed by atoms with Crippen LogP contribution in [0.15, 0.2) is 12.1 Å². The number of nitrogens with one attached hydrogen (secondary N) is 1. The molecule has 3 amide bonds. The lowest BCUT2D eigenvalue weighted by Gasteiger charge is -2.29. The average molecular weight is 390 g/mol. The molecule has 26 heavy (non-hydrogen) atoms. The van der Waals surface area contributed by atoms with Gasteiger partial charge in [0.2, 0.25) is 11.8 Å². The van der Waals surface area contributed by atoms with Crippen molar-refractivity contribution in [3.05, 3.63) is 34.4 Å². The van der Waals surface area contributed by atoms with Crippen LogP contribution in [0.3, 0.4) is 0 Å². The summed E-state index contributed by atoms with van der Waals surface area (Å²) in [5, 5.41) is 2.30. The van der Waals surface area contributed by atoms with E-state index in [1.54, 1.807) is 6.92 Å². The number of benzene rings is 1. The van der Waals surface area contributed by atoms with Gasteiger partial charge < -0.3 is 16.0 Å². The first-order chi connectivity index (χ1) is 12.2. The highest BCUT2D eigenvalue weighted by molar-refractivity contribution is 6.33. The number of hydrogen-bond donors (Lipinski definition) is 2. The van der Waals surface area contributed by atoms with E-state index in [1.165, 1.54) is 0 Å². The van der Waals surface area contributed by atoms with Crippen LogP contribution in [0.4, 0.5) is 8.78 Å². The van der Waals surface area contributed by atoms with Gasteiger partial charge in [0.25, 0.3) is 5.91 Å². The summed E-state index contributed by atoms with van der Waals surface area (Å²) in [6.45, 7) is 4.12. The second kappa shape index (κ2) is 10.1. The second-order valence-electron chi connectivity index (χ2n) is 5.72. The molecule has 0 radical (unpaired) electrons. The maximum Gasteiger partial charge on any atom is 0.256 e. The highest BCUT2D eigenvalue weighted by atomic mass is 35.5. The third-order valence-corrected chi connectivity index (χ3v) is 3.93. The van der Waals surface area contributed by atoms with Gasteiger partial charge in [-0.25, -0.2) is 8.78 Å². The lowest BCUT2D eigenvalue weighted by Crippen LogP contribution is -2.50. The quantitative estimate of drug-likeness (QED) is 0.634. The highest BCUT2D eigenvalue weighted by Gasteiger charge is 2.31. The van der Waals surface area contributed by atoms with Gasteiger partial charge in [-0.05, 0) is 25.0 Å². The fraction of sp³-hybridized carbons (Fsp3) is 0.471. The smallest absolute Gasteiger partial charge is 0.256 e. The number of halogens is 3. The number of carbonyl (C=O) groups is 3. The molecule has 0 aliphatic rings. The zero-order valence-corrected chi connectivity index (χ0v) is 15.4. The largest absolute Gasteiger partial charge is 0.368 e. The van der Waals surface area contributed by atoms with Crippen LogP contribution in [0.5, 0.6) is 0 Å². The number of hydrogen-bond acceptors (Lipinski definition) is 3. The Hall–Kier alpha value is -2.22. The summed E-state index contributed by atoms with van der Waals surface area (Å²) in [7, 11) is 0. The molecule has 0 saturated heterocycles. The van der Waals surface area contributed by atoms with Crippen LogP contribution in [0.25, 0.3) is 0 Å². The van der Waals surface area contributed by atoms with Crippen molar-refractivity contribution in [2.24, 2.45) is 5.73 Å². The number of nitrogens with two attached hydrogens (primary N) is 1. The van der Waals surface area contributed by atoms with Gasteiger partial charge in [-0.3, -0.25) is 14.4 Å². The van der Waals surface area contributed by atoms with Crippen LogP contribution < -0.4 is 11.1 Å². The van der Waals surface area contributed by atoms with E-state index in [1.807, 2.05) is 6.92 Å². The molecule has 0 aromatic heterocycles. The Kier molecular flexibility index (Phi) is 8.44. The molecule has 1 atom stereocenters. The van der Waals surface area contributed by atoms with Crippen LogP contribution in [0, 0.1) is 11.6 Å². The van der Waals surface area contributed by atoms with Gasteiger partial charge in [-0.15, -0.1) is 0 Å². The number of primary amides is 1. The molecule has 0 aliphatic carbocycles. The summed E-state index contributed by atoms with van der Waals surface area (Å²) in [5.41, 5.74) is 5.07. The fourth-order valence-corrected chi connectivity index (χ4v) is 2.59. The standard InChI is InChI=1S/C17H22ClF2N3O3/c1-3-5-22-15(24)9-14(16(21)25)23(6-4-2)17(26)10-7-12(19)13(20)8-11(10)18/h7-8,14H,3-6,9H2,1-2H3,(H2,21,25)(H,22,24)/t14-/m0/s1. The topological polar surface area (TPSA) is 92.5 Å². The maximum absolute atomic E-state index is 13.5. The van der Waals surface area contributed by atoms with Gasteiger partial charge in [0.1, 0.15) is 6.04 Å². The third-order valence-electron chi connectivity index (χ3n) is 3.62. The maximum atomic E-state index is 13.5. The minimum atomic E-state index is -1.24. The van der Waals surface area contributed by atoms with Gasteiger partial charge in [0, 0.05) is 13.1 Å². The first-order valence-corrected chi connectivity index (χ1v) is 8.62. The molecule has 3 N–H and O–H groups in total. The number of nitrogens with zero attached hydrogens (tertiary/aromatic N) is 1. The van der Waals surface area contributed by atoms with E-state index in [0.29, 0.717) is 31.5 Å². The van der Waals surface area contributed by atoms with Crippen molar-refractivity contribution in [2.75, 3.05) is 13.1 Å². The molecular formula is C17H22ClF2N3O3. The molecule has 0 unspecified atom stereocenters. The fourth-order valence-electron chi connectivity index (χ4n) is 2.36. The number of rotatable bonds is 9. The Balaban J connectivity index is 3.17. The summed E-state index contributed by atoms with van der Waals surface area (Å²) in [4.78, 5) is 37.6. The van der Waals surface area contributed by atoms with E-state index in [0.717, 1.165) is 4.90 Å². The van der Waals surface area contributed by atoms with E-state index < -0.39 is 35.4 Å². The summed E-state index contributed by atoms with van der Waals surface area (Å²) in [5.74, 6) is -4.56. The van der Waals surface area contributed by atoms with Crippen LogP contribution in [-0.2, 0) is 9.59 Å². The molecule has 1 aromatic carbocycles. The van der Waals surface area contributed by atoms with Crippen molar-refractivity contribution in [3.63, 3.8) is 0 Å². The van der Waals surface area contributed by atoms with Gasteiger partial charge in [0.15, 0.2) is 11.6 Å². The van der Waals surface area contributed by atoms with E-state index in [2.05, 4.69) is 5.32 Å². The Morgan fingerprint density at radius 1 is 1.19 bits per heavy atom. The molecule has 0 saturated carbocycles. The van der Waals surface area contributed by atoms with Gasteiger partial charge in [0.05, 0.1) is 17.0 Å². The number of amides is 3. The van der Waals surface area contributed by atoms with Crippen LogP contribution in [-0.4, -0.2) is 41.8 Å². The molecule has 0 fully saturated rings. The molecule has 1 aromatic rings. The molecule has 0 bridgehead atoms. The highest BCUT2D eigenvalue weighted by Crippen LogP contribution is 2.23. The minimum absolute atomic E-state index is 0.0861. The average Bonchev–Trinajstić information content (AvgIpc) is 2.58. The lowest BCUT2D eigenvalue weighted by atomic mass is 10.1.